The van der Waals surface area contributed by atoms with E-state index in [9.17, 15) is 14.4 Å². The largest absolute Gasteiger partial charge is 0.497 e. The lowest BCUT2D eigenvalue weighted by atomic mass is 9.77. The Bertz CT molecular complexity index is 1880. The summed E-state index contributed by atoms with van der Waals surface area (Å²) in [6.07, 6.45) is 4.34. The Labute approximate surface area is 319 Å². The van der Waals surface area contributed by atoms with Crippen LogP contribution in [0.4, 0.5) is 0 Å². The van der Waals surface area contributed by atoms with Gasteiger partial charge in [-0.2, -0.15) is 0 Å². The van der Waals surface area contributed by atoms with Crippen molar-refractivity contribution in [3.63, 3.8) is 0 Å². The number of esters is 1. The van der Waals surface area contributed by atoms with Crippen molar-refractivity contribution in [2.45, 2.75) is 64.3 Å². The number of amides is 2. The number of nitrogens with zero attached hydrogens (tertiary/aromatic N) is 3. The molecule has 2 aliphatic heterocycles. The van der Waals surface area contributed by atoms with E-state index in [0.29, 0.717) is 66.4 Å². The molecular weight excluding hydrogens is 742 g/mol. The van der Waals surface area contributed by atoms with Gasteiger partial charge in [0.15, 0.2) is 0 Å². The molecule has 4 atom stereocenters. The van der Waals surface area contributed by atoms with Gasteiger partial charge in [0, 0.05) is 60.1 Å². The highest BCUT2D eigenvalue weighted by Crippen LogP contribution is 2.44. The van der Waals surface area contributed by atoms with Crippen molar-refractivity contribution in [3.8, 4) is 17.2 Å². The van der Waals surface area contributed by atoms with Gasteiger partial charge in [-0.25, -0.2) is 5.84 Å². The highest BCUT2D eigenvalue weighted by Gasteiger charge is 2.44. The number of hydrogen-bond acceptors (Lipinski definition) is 10. The summed E-state index contributed by atoms with van der Waals surface area (Å²) in [7, 11) is 4.80. The summed E-state index contributed by atoms with van der Waals surface area (Å²) < 4.78 is 24.1. The second kappa shape index (κ2) is 16.5. The van der Waals surface area contributed by atoms with E-state index in [2.05, 4.69) is 15.9 Å². The van der Waals surface area contributed by atoms with Gasteiger partial charge in [0.1, 0.15) is 30.0 Å². The van der Waals surface area contributed by atoms with Crippen LogP contribution in [0.15, 0.2) is 71.0 Å². The number of ether oxygens (including phenoxy) is 4. The van der Waals surface area contributed by atoms with Gasteiger partial charge in [-0.05, 0) is 67.6 Å². The minimum Gasteiger partial charge on any atom is -0.497 e. The number of nitrogens with two attached hydrogens (primary N) is 2. The third-order valence-electron chi connectivity index (χ3n) is 10.5. The van der Waals surface area contributed by atoms with Crippen molar-refractivity contribution < 1.29 is 33.3 Å². The number of methoxy groups -OCH3 is 2. The monoisotopic (exact) mass is 789 g/mol. The van der Waals surface area contributed by atoms with Gasteiger partial charge in [-0.3, -0.25) is 14.4 Å². The normalized spacial score (nSPS) is 20.3. The van der Waals surface area contributed by atoms with Gasteiger partial charge < -0.3 is 39.5 Å². The number of fused-ring (bicyclic) bond motifs is 2. The molecule has 12 nitrogen and oxygen atoms in total. The van der Waals surface area contributed by atoms with Gasteiger partial charge in [-0.15, -0.1) is 0 Å². The standard InChI is InChI=1S/C40H48BrN5O7/c1-24(33(42)21-44(2)43)53-35-16-15-32(41)31-17-18-46(34(37(31)35)22-45-20-25-9-5-6-10-28(25)38(45)47)39(48)29-11-7-8-12-30(29)40(49)52-23-26-13-14-27(50-3)19-36(26)51-4/h5-6,9-10,13-16,19,21,24,29-30,34H,7-8,11-12,17-18,20,22-23,42-43H2,1-4H3/b33-21-/t24?,29-,30+,34-/m1/s1. The molecule has 2 heterocycles. The van der Waals surface area contributed by atoms with Gasteiger partial charge >= 0.3 is 5.97 Å². The molecule has 3 aromatic carbocycles. The predicted octanol–water partition coefficient (Wildman–Crippen LogP) is 5.47. The average molecular weight is 791 g/mol. The minimum atomic E-state index is -0.614. The third-order valence-corrected chi connectivity index (χ3v) is 11.3. The molecule has 13 heteroatoms. The summed E-state index contributed by atoms with van der Waals surface area (Å²) in [5, 5.41) is 1.37. The number of carbonyl (C=O) groups excluding carboxylic acids is 3. The Balaban J connectivity index is 1.31. The molecule has 4 N–H and O–H groups in total. The van der Waals surface area contributed by atoms with Crippen LogP contribution in [0.2, 0.25) is 0 Å². The Morgan fingerprint density at radius 3 is 2.51 bits per heavy atom. The first-order chi connectivity index (χ1) is 25.5. The first-order valence-electron chi connectivity index (χ1n) is 18.0. The Hall–Kier alpha value is -4.75. The fraction of sp³-hybridized carbons (Fsp3) is 0.425. The lowest BCUT2D eigenvalue weighted by Gasteiger charge is -2.43. The number of rotatable bonds is 12. The van der Waals surface area contributed by atoms with Crippen LogP contribution in [0.3, 0.4) is 0 Å². The van der Waals surface area contributed by atoms with Gasteiger partial charge in [-0.1, -0.05) is 47.0 Å². The summed E-state index contributed by atoms with van der Waals surface area (Å²) in [5.41, 5.74) is 10.9. The number of benzene rings is 3. The highest BCUT2D eigenvalue weighted by atomic mass is 79.9. The van der Waals surface area contributed by atoms with Gasteiger partial charge in [0.25, 0.3) is 5.91 Å². The van der Waals surface area contributed by atoms with Crippen LogP contribution in [0.25, 0.3) is 0 Å². The minimum absolute atomic E-state index is 0.00515. The molecule has 1 aliphatic carbocycles. The summed E-state index contributed by atoms with van der Waals surface area (Å²) >= 11 is 3.76. The molecule has 3 aliphatic rings. The molecule has 1 unspecified atom stereocenters. The molecule has 0 bridgehead atoms. The van der Waals surface area contributed by atoms with Crippen LogP contribution < -0.4 is 25.8 Å². The van der Waals surface area contributed by atoms with Crippen LogP contribution in [-0.2, 0) is 33.9 Å². The quantitative estimate of drug-likeness (QED) is 0.137. The Kier molecular flexibility index (Phi) is 11.8. The molecule has 2 amide bonds. The first kappa shape index (κ1) is 38.0. The van der Waals surface area contributed by atoms with E-state index in [-0.39, 0.29) is 25.0 Å². The number of hydrazine groups is 1. The molecule has 0 radical (unpaired) electrons. The maximum Gasteiger partial charge on any atom is 0.310 e. The SMILES string of the molecule is COc1ccc(COC(=O)[C@H]2CCCC[C@H]2C(=O)N2CCc3c(Br)ccc(OC(C)/C(N)=C/N(C)N)c3[C@H]2CN2Cc3ccccc3C2=O)c(OC)c1. The second-order valence-corrected chi connectivity index (χ2v) is 14.8. The fourth-order valence-corrected chi connectivity index (χ4v) is 8.30. The molecule has 282 valence electrons. The third kappa shape index (κ3) is 8.11. The van der Waals surface area contributed by atoms with Crippen molar-refractivity contribution in [2.75, 3.05) is 34.4 Å². The summed E-state index contributed by atoms with van der Waals surface area (Å²) in [4.78, 5) is 46.2. The lowest BCUT2D eigenvalue weighted by Crippen LogP contribution is -2.50. The smallest absolute Gasteiger partial charge is 0.310 e. The van der Waals surface area contributed by atoms with E-state index >= 15 is 0 Å². The number of hydrogen-bond donors (Lipinski definition) is 2. The zero-order valence-corrected chi connectivity index (χ0v) is 32.3. The van der Waals surface area contributed by atoms with E-state index < -0.39 is 30.0 Å². The molecular formula is C40H48BrN5O7. The molecule has 0 aromatic heterocycles. The van der Waals surface area contributed by atoms with E-state index in [0.717, 1.165) is 34.0 Å². The molecule has 1 saturated carbocycles. The van der Waals surface area contributed by atoms with Crippen molar-refractivity contribution in [2.24, 2.45) is 23.4 Å². The number of halogens is 1. The van der Waals surface area contributed by atoms with E-state index in [1.165, 1.54) is 5.01 Å². The van der Waals surface area contributed by atoms with E-state index in [4.69, 9.17) is 30.5 Å². The lowest BCUT2D eigenvalue weighted by molar-refractivity contribution is -0.159. The Morgan fingerprint density at radius 2 is 1.79 bits per heavy atom. The van der Waals surface area contributed by atoms with Gasteiger partial charge in [0.05, 0.1) is 37.8 Å². The average Bonchev–Trinajstić information content (AvgIpc) is 3.48. The van der Waals surface area contributed by atoms with Crippen molar-refractivity contribution >= 4 is 33.7 Å². The van der Waals surface area contributed by atoms with Crippen LogP contribution in [0, 0.1) is 11.8 Å². The maximum atomic E-state index is 14.9. The topological polar surface area (TPSA) is 150 Å². The molecule has 6 rings (SSSR count). The zero-order valence-electron chi connectivity index (χ0n) is 30.7. The number of carbonyl (C=O) groups is 3. The molecule has 1 fully saturated rings. The summed E-state index contributed by atoms with van der Waals surface area (Å²) in [5.74, 6) is 5.75. The first-order valence-corrected chi connectivity index (χ1v) is 18.8. The molecule has 0 saturated heterocycles. The van der Waals surface area contributed by atoms with Crippen LogP contribution in [0.1, 0.15) is 71.3 Å². The van der Waals surface area contributed by atoms with Crippen molar-refractivity contribution in [1.29, 1.82) is 0 Å². The highest BCUT2D eigenvalue weighted by molar-refractivity contribution is 9.10. The van der Waals surface area contributed by atoms with Crippen LogP contribution >= 0.6 is 15.9 Å². The van der Waals surface area contributed by atoms with E-state index in [1.807, 2.05) is 48.2 Å². The van der Waals surface area contributed by atoms with Crippen molar-refractivity contribution in [3.05, 3.63) is 98.8 Å². The molecule has 53 heavy (non-hydrogen) atoms. The second-order valence-electron chi connectivity index (χ2n) is 13.9. The predicted molar refractivity (Wildman–Crippen MR) is 203 cm³/mol. The van der Waals surface area contributed by atoms with Crippen LogP contribution in [0.5, 0.6) is 17.2 Å². The maximum absolute atomic E-state index is 14.9. The summed E-state index contributed by atoms with van der Waals surface area (Å²) in [6, 6.07) is 16.2. The van der Waals surface area contributed by atoms with Crippen molar-refractivity contribution in [1.82, 2.24) is 14.8 Å². The van der Waals surface area contributed by atoms with Gasteiger partial charge in [0.2, 0.25) is 5.91 Å². The zero-order chi connectivity index (χ0) is 37.8. The summed E-state index contributed by atoms with van der Waals surface area (Å²) in [6.45, 7) is 2.92. The van der Waals surface area contributed by atoms with Crippen LogP contribution in [-0.4, -0.2) is 73.1 Å². The molecule has 0 spiro atoms. The Morgan fingerprint density at radius 1 is 1.04 bits per heavy atom. The van der Waals surface area contributed by atoms with E-state index in [1.54, 1.807) is 50.6 Å². The fourth-order valence-electron chi connectivity index (χ4n) is 7.75. The molecule has 3 aromatic rings.